The quantitative estimate of drug-likeness (QED) is 0.361. The van der Waals surface area contributed by atoms with Gasteiger partial charge >= 0.3 is 5.82 Å². The first-order valence-corrected chi connectivity index (χ1v) is 6.82. The highest BCUT2D eigenvalue weighted by Gasteiger charge is 2.34. The maximum atomic E-state index is 12.6. The van der Waals surface area contributed by atoms with Gasteiger partial charge in [0.25, 0.3) is 15.5 Å². The molecule has 0 aliphatic carbocycles. The van der Waals surface area contributed by atoms with Gasteiger partial charge in [-0.2, -0.15) is 0 Å². The maximum Gasteiger partial charge on any atom is 0.385 e. The molecule has 1 rings (SSSR count). The fraction of sp³-hybridized carbons (Fsp3) is 0.167. The third-order valence-electron chi connectivity index (χ3n) is 1.60. The summed E-state index contributed by atoms with van der Waals surface area (Å²) in [6, 6.07) is 0.660. The first-order valence-electron chi connectivity index (χ1n) is 3.72. The van der Waals surface area contributed by atoms with E-state index in [0.29, 0.717) is 6.07 Å². The molecule has 0 bridgehead atoms. The highest BCUT2D eigenvalue weighted by Crippen LogP contribution is 2.36. The molecule has 0 amide bonds. The average Bonchev–Trinajstić information content (AvgIpc) is 2.14. The third-order valence-corrected chi connectivity index (χ3v) is 3.38. The molecule has 0 spiro atoms. The van der Waals surface area contributed by atoms with Crippen molar-refractivity contribution in [3.63, 3.8) is 0 Å². The molecule has 0 atom stereocenters. The van der Waals surface area contributed by atoms with E-state index >= 15 is 0 Å². The average molecular weight is 352 g/mol. The molecule has 6 nitrogen and oxygen atoms in total. The summed E-state index contributed by atoms with van der Waals surface area (Å²) >= 11 is 2.66. The molecule has 0 unspecified atom stereocenters. The number of aromatic nitrogens is 1. The van der Waals surface area contributed by atoms with Crippen molar-refractivity contribution in [2.45, 2.75) is 11.3 Å². The summed E-state index contributed by atoms with van der Waals surface area (Å²) in [5.74, 6) is -1.25. The smallest absolute Gasteiger partial charge is 0.358 e. The second kappa shape index (κ2) is 4.78. The van der Waals surface area contributed by atoms with Crippen LogP contribution in [0.15, 0.2) is 15.6 Å². The lowest BCUT2D eigenvalue weighted by molar-refractivity contribution is -0.392. The monoisotopic (exact) mass is 350 g/mol. The summed E-state index contributed by atoms with van der Waals surface area (Å²) in [6.07, 6.45) is -3.24. The second-order valence-corrected chi connectivity index (χ2v) is 6.00. The molecule has 0 N–H and O–H groups in total. The predicted molar refractivity (Wildman–Crippen MR) is 56.6 cm³/mol. The van der Waals surface area contributed by atoms with Gasteiger partial charge < -0.3 is 10.1 Å². The summed E-state index contributed by atoms with van der Waals surface area (Å²) in [7, 11) is 0.185. The van der Waals surface area contributed by atoms with Gasteiger partial charge in [-0.25, -0.2) is 17.2 Å². The Hall–Kier alpha value is -0.870. The SMILES string of the molecule is O=[N+]([O-])c1nc(Br)cc(C(F)F)c1S(=O)(=O)Cl. The summed E-state index contributed by atoms with van der Waals surface area (Å²) in [6.45, 7) is 0. The Labute approximate surface area is 106 Å². The Morgan fingerprint density at radius 1 is 1.53 bits per heavy atom. The van der Waals surface area contributed by atoms with Crippen molar-refractivity contribution in [2.75, 3.05) is 0 Å². The molecule has 11 heteroatoms. The Morgan fingerprint density at radius 2 is 2.06 bits per heavy atom. The van der Waals surface area contributed by atoms with Crippen LogP contribution in [0, 0.1) is 10.1 Å². The Kier molecular flexibility index (Phi) is 3.99. The summed E-state index contributed by atoms with van der Waals surface area (Å²) in [5.41, 5.74) is -1.08. The van der Waals surface area contributed by atoms with E-state index in [1.54, 1.807) is 0 Å². The van der Waals surface area contributed by atoms with Crippen molar-refractivity contribution >= 4 is 41.5 Å². The van der Waals surface area contributed by atoms with E-state index in [2.05, 4.69) is 20.9 Å². The number of nitrogens with zero attached hydrogens (tertiary/aromatic N) is 2. The van der Waals surface area contributed by atoms with E-state index in [4.69, 9.17) is 10.7 Å². The third kappa shape index (κ3) is 3.07. The lowest BCUT2D eigenvalue weighted by atomic mass is 10.2. The number of hydrogen-bond acceptors (Lipinski definition) is 5. The Morgan fingerprint density at radius 3 is 2.41 bits per heavy atom. The van der Waals surface area contributed by atoms with Crippen LogP contribution < -0.4 is 0 Å². The minimum absolute atomic E-state index is 0.288. The van der Waals surface area contributed by atoms with E-state index in [1.165, 1.54) is 0 Å². The van der Waals surface area contributed by atoms with E-state index in [1.807, 2.05) is 0 Å². The van der Waals surface area contributed by atoms with Crippen molar-refractivity contribution in [1.29, 1.82) is 0 Å². The Balaban J connectivity index is 3.79. The van der Waals surface area contributed by atoms with Crippen molar-refractivity contribution in [3.05, 3.63) is 26.3 Å². The minimum Gasteiger partial charge on any atom is -0.358 e. The molecular weight excluding hydrogens is 349 g/mol. The minimum atomic E-state index is -4.70. The van der Waals surface area contributed by atoms with Gasteiger partial charge in [-0.1, -0.05) is 0 Å². The van der Waals surface area contributed by atoms with Crippen LogP contribution in [-0.4, -0.2) is 18.3 Å². The van der Waals surface area contributed by atoms with Crippen molar-refractivity contribution in [1.82, 2.24) is 4.98 Å². The van der Waals surface area contributed by atoms with Crippen LogP contribution in [-0.2, 0) is 9.05 Å². The number of nitro groups is 1. The number of alkyl halides is 2. The van der Waals surface area contributed by atoms with Gasteiger partial charge in [0, 0.05) is 32.7 Å². The summed E-state index contributed by atoms with van der Waals surface area (Å²) in [5, 5.41) is 10.5. The molecular formula is C6H2BrClF2N2O4S. The van der Waals surface area contributed by atoms with Crippen molar-refractivity contribution in [2.24, 2.45) is 0 Å². The van der Waals surface area contributed by atoms with Gasteiger partial charge in [-0.05, 0) is 9.91 Å². The number of pyridine rings is 1. The zero-order valence-corrected chi connectivity index (χ0v) is 10.8. The van der Waals surface area contributed by atoms with Crippen LogP contribution in [0.25, 0.3) is 0 Å². The predicted octanol–water partition coefficient (Wildman–Crippen LogP) is 2.62. The van der Waals surface area contributed by atoms with E-state index < -0.39 is 36.7 Å². The fourth-order valence-electron chi connectivity index (χ4n) is 1.04. The van der Waals surface area contributed by atoms with Gasteiger partial charge in [0.15, 0.2) is 4.90 Å². The molecule has 0 aromatic carbocycles. The number of halogens is 4. The molecule has 17 heavy (non-hydrogen) atoms. The Bertz CT molecular complexity index is 580. The lowest BCUT2D eigenvalue weighted by Gasteiger charge is -2.05. The molecule has 94 valence electrons. The topological polar surface area (TPSA) is 90.2 Å². The van der Waals surface area contributed by atoms with Crippen LogP contribution in [0.1, 0.15) is 12.0 Å². The van der Waals surface area contributed by atoms with Gasteiger partial charge in [-0.3, -0.25) is 0 Å². The van der Waals surface area contributed by atoms with Crippen LogP contribution in [0.2, 0.25) is 0 Å². The molecule has 0 saturated heterocycles. The van der Waals surface area contributed by atoms with E-state index in [-0.39, 0.29) is 4.60 Å². The molecule has 0 saturated carbocycles. The van der Waals surface area contributed by atoms with E-state index in [9.17, 15) is 27.3 Å². The summed E-state index contributed by atoms with van der Waals surface area (Å²) in [4.78, 5) is 11.3. The highest BCUT2D eigenvalue weighted by atomic mass is 79.9. The van der Waals surface area contributed by atoms with Crippen molar-refractivity contribution in [3.8, 4) is 0 Å². The molecule has 0 aliphatic heterocycles. The largest absolute Gasteiger partial charge is 0.385 e. The van der Waals surface area contributed by atoms with Gasteiger partial charge in [0.2, 0.25) is 4.60 Å². The zero-order valence-electron chi connectivity index (χ0n) is 7.60. The van der Waals surface area contributed by atoms with Gasteiger partial charge in [0.05, 0.1) is 5.56 Å². The molecule has 0 fully saturated rings. The van der Waals surface area contributed by atoms with Gasteiger partial charge in [-0.15, -0.1) is 0 Å². The molecule has 1 aromatic heterocycles. The summed E-state index contributed by atoms with van der Waals surface area (Å²) < 4.78 is 47.0. The molecule has 1 heterocycles. The second-order valence-electron chi connectivity index (χ2n) is 2.68. The van der Waals surface area contributed by atoms with E-state index in [0.717, 1.165) is 0 Å². The van der Waals surface area contributed by atoms with Gasteiger partial charge in [0.1, 0.15) is 0 Å². The zero-order chi connectivity index (χ0) is 13.4. The maximum absolute atomic E-state index is 12.6. The first kappa shape index (κ1) is 14.2. The first-order chi connectivity index (χ1) is 7.64. The number of hydrogen-bond donors (Lipinski definition) is 0. The van der Waals surface area contributed by atoms with Crippen LogP contribution >= 0.6 is 26.6 Å². The van der Waals surface area contributed by atoms with Crippen LogP contribution in [0.3, 0.4) is 0 Å². The standard InChI is InChI=1S/C6H2BrClF2N2O4S/c7-3-1-2(5(9)10)4(17(8,15)16)6(11-3)12(13)14/h1,5H. The lowest BCUT2D eigenvalue weighted by Crippen LogP contribution is -2.06. The molecule has 1 aromatic rings. The number of rotatable bonds is 3. The highest BCUT2D eigenvalue weighted by molar-refractivity contribution is 9.10. The van der Waals surface area contributed by atoms with Crippen LogP contribution in [0.5, 0.6) is 0 Å². The normalized spacial score (nSPS) is 11.8. The molecule has 0 radical (unpaired) electrons. The fourth-order valence-corrected chi connectivity index (χ4v) is 2.70. The van der Waals surface area contributed by atoms with Crippen LogP contribution in [0.4, 0.5) is 14.6 Å². The van der Waals surface area contributed by atoms with Crippen molar-refractivity contribution < 1.29 is 22.1 Å². The molecule has 0 aliphatic rings.